The normalized spacial score (nSPS) is 15.2. The second-order valence-electron chi connectivity index (χ2n) is 9.85. The van der Waals surface area contributed by atoms with Crippen molar-refractivity contribution in [3.8, 4) is 22.3 Å². The van der Waals surface area contributed by atoms with E-state index >= 15 is 0 Å². The van der Waals surface area contributed by atoms with Crippen molar-refractivity contribution >= 4 is 11.0 Å². The molecule has 176 valence electrons. The van der Waals surface area contributed by atoms with Crippen LogP contribution in [0, 0.1) is 26.7 Å². The molecular formula is C30H30N4O. The lowest BCUT2D eigenvalue weighted by Gasteiger charge is -2.26. The predicted octanol–water partition coefficient (Wildman–Crippen LogP) is 7.46. The summed E-state index contributed by atoms with van der Waals surface area (Å²) < 4.78 is 7.92. The molecule has 0 N–H and O–H groups in total. The van der Waals surface area contributed by atoms with Crippen LogP contribution in [0.3, 0.4) is 0 Å². The minimum absolute atomic E-state index is 0.169. The molecule has 1 aliphatic rings. The van der Waals surface area contributed by atoms with Gasteiger partial charge in [-0.3, -0.25) is 9.97 Å². The van der Waals surface area contributed by atoms with E-state index in [1.807, 2.05) is 32.3 Å². The molecule has 0 saturated heterocycles. The molecule has 1 aliphatic carbocycles. The molecule has 1 saturated carbocycles. The zero-order valence-electron chi connectivity index (χ0n) is 20.5. The first kappa shape index (κ1) is 21.8. The van der Waals surface area contributed by atoms with E-state index in [0.717, 1.165) is 44.9 Å². The number of hydrogen-bond donors (Lipinski definition) is 0. The van der Waals surface area contributed by atoms with Gasteiger partial charge < -0.3 is 9.09 Å². The quantitative estimate of drug-likeness (QED) is 0.272. The smallest absolute Gasteiger partial charge is 0.141 e. The zero-order chi connectivity index (χ0) is 23.9. The predicted molar refractivity (Wildman–Crippen MR) is 139 cm³/mol. The maximum Gasteiger partial charge on any atom is 0.141 e. The molecule has 0 unspecified atom stereocenters. The highest BCUT2D eigenvalue weighted by Crippen LogP contribution is 2.42. The summed E-state index contributed by atoms with van der Waals surface area (Å²) in [4.78, 5) is 9.87. The topological polar surface area (TPSA) is 56.7 Å². The molecule has 1 atom stereocenters. The van der Waals surface area contributed by atoms with Crippen LogP contribution in [0.5, 0.6) is 0 Å². The van der Waals surface area contributed by atoms with Crippen LogP contribution in [0.4, 0.5) is 0 Å². The third-order valence-electron chi connectivity index (χ3n) is 7.49. The van der Waals surface area contributed by atoms with Gasteiger partial charge in [-0.2, -0.15) is 0 Å². The molecule has 0 radical (unpaired) electrons. The number of nitrogens with zero attached hydrogens (tertiary/aromatic N) is 4. The number of aryl methyl sites for hydroxylation is 3. The maximum absolute atomic E-state index is 5.48. The lowest BCUT2D eigenvalue weighted by molar-refractivity contribution is 0.386. The van der Waals surface area contributed by atoms with E-state index in [0.29, 0.717) is 5.92 Å². The van der Waals surface area contributed by atoms with E-state index in [1.165, 1.54) is 36.8 Å². The first-order chi connectivity index (χ1) is 17.1. The average Bonchev–Trinajstić information content (AvgIpc) is 3.61. The molecule has 6 rings (SSSR count). The van der Waals surface area contributed by atoms with E-state index in [1.54, 1.807) is 0 Å². The van der Waals surface area contributed by atoms with Gasteiger partial charge in [0, 0.05) is 35.3 Å². The molecule has 5 aromatic rings. The molecule has 35 heavy (non-hydrogen) atoms. The van der Waals surface area contributed by atoms with Crippen molar-refractivity contribution < 1.29 is 4.52 Å². The Morgan fingerprint density at radius 2 is 1.74 bits per heavy atom. The molecule has 5 nitrogen and oxygen atoms in total. The summed E-state index contributed by atoms with van der Waals surface area (Å²) >= 11 is 0. The number of rotatable bonds is 5. The van der Waals surface area contributed by atoms with Crippen LogP contribution in [-0.4, -0.2) is 19.7 Å². The summed E-state index contributed by atoms with van der Waals surface area (Å²) in [5, 5.41) is 4.18. The van der Waals surface area contributed by atoms with Crippen molar-refractivity contribution in [2.45, 2.75) is 52.5 Å². The van der Waals surface area contributed by atoms with E-state index < -0.39 is 0 Å². The Kier molecular flexibility index (Phi) is 5.48. The second-order valence-corrected chi connectivity index (χ2v) is 9.85. The van der Waals surface area contributed by atoms with Gasteiger partial charge in [-0.05, 0) is 63.3 Å². The molecule has 0 amide bonds. The summed E-state index contributed by atoms with van der Waals surface area (Å²) in [7, 11) is 0. The Bertz CT molecular complexity index is 1460. The van der Waals surface area contributed by atoms with Gasteiger partial charge in [-0.15, -0.1) is 0 Å². The standard InChI is InChI=1S/C30H30N4O/c1-19-11-13-22(14-12-19)25-18-34(30(23-8-4-5-9-23)26-10-6-7-15-31-26)27-16-24(17-32-29(25)27)28-20(2)33-35-21(28)3/h6-7,10-18,23,30H,4-5,8-9H2,1-3H3/t30-/m1/s1. The fourth-order valence-electron chi connectivity index (χ4n) is 5.77. The molecule has 1 fully saturated rings. The first-order valence-corrected chi connectivity index (χ1v) is 12.5. The average molecular weight is 463 g/mol. The molecule has 5 heteroatoms. The van der Waals surface area contributed by atoms with Crippen molar-refractivity contribution in [1.29, 1.82) is 0 Å². The van der Waals surface area contributed by atoms with E-state index in [9.17, 15) is 0 Å². The van der Waals surface area contributed by atoms with Crippen molar-refractivity contribution in [2.75, 3.05) is 0 Å². The van der Waals surface area contributed by atoms with E-state index in [4.69, 9.17) is 14.5 Å². The highest BCUT2D eigenvalue weighted by Gasteiger charge is 2.31. The fraction of sp³-hybridized carbons (Fsp3) is 0.300. The minimum atomic E-state index is 0.169. The molecule has 0 spiro atoms. The third kappa shape index (κ3) is 3.85. The monoisotopic (exact) mass is 462 g/mol. The second kappa shape index (κ2) is 8.81. The van der Waals surface area contributed by atoms with Gasteiger partial charge in [0.05, 0.1) is 28.5 Å². The Hall–Kier alpha value is -3.73. The highest BCUT2D eigenvalue weighted by molar-refractivity contribution is 5.95. The Morgan fingerprint density at radius 3 is 2.43 bits per heavy atom. The number of fused-ring (bicyclic) bond motifs is 1. The molecule has 0 aliphatic heterocycles. The summed E-state index contributed by atoms with van der Waals surface area (Å²) in [5.41, 5.74) is 9.81. The van der Waals surface area contributed by atoms with Crippen molar-refractivity contribution in [3.63, 3.8) is 0 Å². The summed E-state index contributed by atoms with van der Waals surface area (Å²) in [6, 6.07) is 17.4. The number of pyridine rings is 2. The van der Waals surface area contributed by atoms with Gasteiger partial charge in [0.25, 0.3) is 0 Å². The number of hydrogen-bond acceptors (Lipinski definition) is 4. The zero-order valence-corrected chi connectivity index (χ0v) is 20.5. The first-order valence-electron chi connectivity index (χ1n) is 12.5. The fourth-order valence-corrected chi connectivity index (χ4v) is 5.77. The molecule has 1 aromatic carbocycles. The Labute approximate surface area is 205 Å². The van der Waals surface area contributed by atoms with Gasteiger partial charge in [0.15, 0.2) is 0 Å². The summed E-state index contributed by atoms with van der Waals surface area (Å²) in [6.45, 7) is 6.08. The van der Waals surface area contributed by atoms with E-state index in [2.05, 4.69) is 65.3 Å². The Morgan fingerprint density at radius 1 is 0.943 bits per heavy atom. The van der Waals surface area contributed by atoms with Crippen LogP contribution >= 0.6 is 0 Å². The molecular weight excluding hydrogens is 432 g/mol. The SMILES string of the molecule is Cc1ccc(-c2cn([C@@H](c3ccccn3)C3CCCC3)c3cc(-c4c(C)noc4C)cnc23)cc1. The van der Waals surface area contributed by atoms with Crippen LogP contribution < -0.4 is 0 Å². The lowest BCUT2D eigenvalue weighted by Crippen LogP contribution is -2.19. The lowest BCUT2D eigenvalue weighted by atomic mass is 9.94. The van der Waals surface area contributed by atoms with Crippen LogP contribution in [-0.2, 0) is 0 Å². The number of aromatic nitrogens is 4. The van der Waals surface area contributed by atoms with Crippen LogP contribution in [0.1, 0.15) is 54.4 Å². The van der Waals surface area contributed by atoms with Gasteiger partial charge >= 0.3 is 0 Å². The van der Waals surface area contributed by atoms with Gasteiger partial charge in [-0.25, -0.2) is 0 Å². The minimum Gasteiger partial charge on any atom is -0.361 e. The molecule has 0 bridgehead atoms. The van der Waals surface area contributed by atoms with Gasteiger partial charge in [0.1, 0.15) is 5.76 Å². The Balaban J connectivity index is 1.61. The molecule has 4 heterocycles. The van der Waals surface area contributed by atoms with Crippen LogP contribution in [0.25, 0.3) is 33.3 Å². The number of benzene rings is 1. The van der Waals surface area contributed by atoms with E-state index in [-0.39, 0.29) is 6.04 Å². The van der Waals surface area contributed by atoms with Gasteiger partial charge in [-0.1, -0.05) is 53.9 Å². The summed E-state index contributed by atoms with van der Waals surface area (Å²) in [5.74, 6) is 1.37. The summed E-state index contributed by atoms with van der Waals surface area (Å²) in [6.07, 6.45) is 11.2. The largest absolute Gasteiger partial charge is 0.361 e. The third-order valence-corrected chi connectivity index (χ3v) is 7.49. The van der Waals surface area contributed by atoms with Crippen LogP contribution in [0.2, 0.25) is 0 Å². The van der Waals surface area contributed by atoms with Crippen molar-refractivity contribution in [1.82, 2.24) is 19.7 Å². The highest BCUT2D eigenvalue weighted by atomic mass is 16.5. The van der Waals surface area contributed by atoms with Crippen molar-refractivity contribution in [2.24, 2.45) is 5.92 Å². The van der Waals surface area contributed by atoms with Gasteiger partial charge in [0.2, 0.25) is 0 Å². The van der Waals surface area contributed by atoms with Crippen molar-refractivity contribution in [3.05, 3.63) is 89.8 Å². The maximum atomic E-state index is 5.48. The van der Waals surface area contributed by atoms with Crippen LogP contribution in [0.15, 0.2) is 71.6 Å². The molecule has 4 aromatic heterocycles.